The first-order chi connectivity index (χ1) is 10.2. The number of hydrogen-bond donors (Lipinski definition) is 0. The van der Waals surface area contributed by atoms with E-state index in [1.54, 1.807) is 0 Å². The third-order valence-electron chi connectivity index (χ3n) is 3.19. The van der Waals surface area contributed by atoms with Crippen molar-refractivity contribution < 1.29 is 0 Å². The van der Waals surface area contributed by atoms with Gasteiger partial charge in [-0.05, 0) is 36.1 Å². The minimum atomic E-state index is 0.663. The molecule has 2 aromatic rings. The second kappa shape index (κ2) is 7.44. The van der Waals surface area contributed by atoms with Gasteiger partial charge >= 0.3 is 0 Å². The maximum absolute atomic E-state index is 9.44. The van der Waals surface area contributed by atoms with E-state index < -0.39 is 0 Å². The largest absolute Gasteiger partial charge is 0.192 e. The smallest absolute Gasteiger partial charge is 0.137 e. The van der Waals surface area contributed by atoms with Crippen molar-refractivity contribution in [2.75, 3.05) is 0 Å². The molecule has 0 fully saturated rings. The van der Waals surface area contributed by atoms with Crippen LogP contribution in [-0.4, -0.2) is 10.2 Å². The molecule has 0 spiro atoms. The quantitative estimate of drug-likeness (QED) is 0.766. The molecule has 2 rings (SSSR count). The van der Waals surface area contributed by atoms with Crippen molar-refractivity contribution in [2.24, 2.45) is 0 Å². The van der Waals surface area contributed by atoms with E-state index in [-0.39, 0.29) is 0 Å². The number of nitrogens with zero attached hydrogens (tertiary/aromatic N) is 3. The molecule has 0 amide bonds. The monoisotopic (exact) mass is 317 g/mol. The van der Waals surface area contributed by atoms with Crippen LogP contribution in [-0.2, 0) is 18.6 Å². The number of aromatic nitrogens is 2. The highest BCUT2D eigenvalue weighted by Crippen LogP contribution is 2.28. The molecule has 0 N–H and O–H groups in total. The van der Waals surface area contributed by atoms with Gasteiger partial charge in [-0.25, -0.2) is 0 Å². The molecule has 1 heterocycles. The van der Waals surface area contributed by atoms with Crippen LogP contribution in [0.1, 0.15) is 36.2 Å². The lowest BCUT2D eigenvalue weighted by molar-refractivity contribution is 0.817. The molecular formula is C16H16ClN3S. The topological polar surface area (TPSA) is 49.6 Å². The van der Waals surface area contributed by atoms with Gasteiger partial charge in [0.15, 0.2) is 0 Å². The van der Waals surface area contributed by atoms with Gasteiger partial charge in [0.05, 0.1) is 11.3 Å². The highest BCUT2D eigenvalue weighted by molar-refractivity contribution is 7.98. The number of hydrogen-bond acceptors (Lipinski definition) is 4. The summed E-state index contributed by atoms with van der Waals surface area (Å²) in [6, 6.07) is 10.00. The van der Waals surface area contributed by atoms with Gasteiger partial charge in [0, 0.05) is 10.8 Å². The van der Waals surface area contributed by atoms with Gasteiger partial charge < -0.3 is 0 Å². The highest BCUT2D eigenvalue weighted by atomic mass is 35.5. The molecule has 1 aromatic heterocycles. The zero-order chi connectivity index (χ0) is 15.2. The van der Waals surface area contributed by atoms with Gasteiger partial charge in [0.25, 0.3) is 0 Å². The molecule has 0 aliphatic rings. The van der Waals surface area contributed by atoms with Crippen molar-refractivity contribution in [3.05, 3.63) is 51.7 Å². The molecule has 0 saturated heterocycles. The van der Waals surface area contributed by atoms with Gasteiger partial charge in [-0.2, -0.15) is 10.4 Å². The lowest BCUT2D eigenvalue weighted by Crippen LogP contribution is -2.04. The Labute approximate surface area is 134 Å². The predicted octanol–water partition coefficient (Wildman–Crippen LogP) is 4.42. The Morgan fingerprint density at radius 1 is 1.24 bits per heavy atom. The molecule has 0 bridgehead atoms. The number of benzene rings is 1. The lowest BCUT2D eigenvalue weighted by Gasteiger charge is -2.10. The first-order valence-electron chi connectivity index (χ1n) is 6.85. The average Bonchev–Trinajstić information content (AvgIpc) is 2.51. The van der Waals surface area contributed by atoms with E-state index in [9.17, 15) is 5.26 Å². The normalized spacial score (nSPS) is 10.4. The van der Waals surface area contributed by atoms with Gasteiger partial charge in [-0.1, -0.05) is 49.3 Å². The molecule has 5 heteroatoms. The fourth-order valence-corrected chi connectivity index (χ4v) is 3.26. The second-order valence-electron chi connectivity index (χ2n) is 4.54. The third-order valence-corrected chi connectivity index (χ3v) is 4.46. The zero-order valence-corrected chi connectivity index (χ0v) is 13.6. The van der Waals surface area contributed by atoms with Crippen molar-refractivity contribution in [1.29, 1.82) is 5.26 Å². The SMILES string of the molecule is CCc1nnc(SCc2cccc(Cl)c2)c(C#N)c1CC. The summed E-state index contributed by atoms with van der Waals surface area (Å²) in [7, 11) is 0. The van der Waals surface area contributed by atoms with Crippen LogP contribution in [0.15, 0.2) is 29.3 Å². The van der Waals surface area contributed by atoms with Crippen molar-refractivity contribution >= 4 is 23.4 Å². The van der Waals surface area contributed by atoms with Crippen molar-refractivity contribution in [2.45, 2.75) is 37.5 Å². The zero-order valence-electron chi connectivity index (χ0n) is 12.1. The Kier molecular flexibility index (Phi) is 5.60. The van der Waals surface area contributed by atoms with Gasteiger partial charge in [-0.15, -0.1) is 5.10 Å². The summed E-state index contributed by atoms with van der Waals surface area (Å²) in [6.45, 7) is 4.07. The summed E-state index contributed by atoms with van der Waals surface area (Å²) in [5.74, 6) is 0.721. The molecule has 0 radical (unpaired) electrons. The summed E-state index contributed by atoms with van der Waals surface area (Å²) in [5.41, 5.74) is 3.71. The summed E-state index contributed by atoms with van der Waals surface area (Å²) in [5, 5.41) is 19.3. The Morgan fingerprint density at radius 2 is 2.05 bits per heavy atom. The molecule has 1 aromatic carbocycles. The van der Waals surface area contributed by atoms with E-state index in [0.717, 1.165) is 40.4 Å². The summed E-state index contributed by atoms with van der Waals surface area (Å²) in [6.07, 6.45) is 1.59. The van der Waals surface area contributed by atoms with Crippen molar-refractivity contribution in [3.63, 3.8) is 0 Å². The third kappa shape index (κ3) is 3.75. The van der Waals surface area contributed by atoms with Gasteiger partial charge in [0.1, 0.15) is 11.1 Å². The van der Waals surface area contributed by atoms with E-state index >= 15 is 0 Å². The fraction of sp³-hybridized carbons (Fsp3) is 0.312. The van der Waals surface area contributed by atoms with E-state index in [1.807, 2.05) is 38.1 Å². The van der Waals surface area contributed by atoms with Crippen LogP contribution in [0, 0.1) is 11.3 Å². The van der Waals surface area contributed by atoms with Crippen LogP contribution in [0.2, 0.25) is 5.02 Å². The standard InChI is InChI=1S/C16H16ClN3S/c1-3-13-14(9-18)16(20-19-15(13)4-2)21-10-11-6-5-7-12(17)8-11/h5-8H,3-4,10H2,1-2H3. The van der Waals surface area contributed by atoms with Crippen molar-refractivity contribution in [1.82, 2.24) is 10.2 Å². The molecule has 0 unspecified atom stereocenters. The molecule has 21 heavy (non-hydrogen) atoms. The van der Waals surface area contributed by atoms with Crippen LogP contribution >= 0.6 is 23.4 Å². The maximum atomic E-state index is 9.44. The molecular weight excluding hydrogens is 302 g/mol. The fourth-order valence-electron chi connectivity index (χ4n) is 2.15. The van der Waals surface area contributed by atoms with Crippen LogP contribution in [0.4, 0.5) is 0 Å². The Balaban J connectivity index is 2.26. The lowest BCUT2D eigenvalue weighted by atomic mass is 10.1. The van der Waals surface area contributed by atoms with Crippen LogP contribution in [0.3, 0.4) is 0 Å². The van der Waals surface area contributed by atoms with E-state index in [2.05, 4.69) is 16.3 Å². The second-order valence-corrected chi connectivity index (χ2v) is 5.94. The number of rotatable bonds is 5. The first kappa shape index (κ1) is 15.8. The van der Waals surface area contributed by atoms with Crippen LogP contribution in [0.5, 0.6) is 0 Å². The molecule has 3 nitrogen and oxygen atoms in total. The maximum Gasteiger partial charge on any atom is 0.137 e. The van der Waals surface area contributed by atoms with E-state index in [0.29, 0.717) is 10.6 Å². The summed E-state index contributed by atoms with van der Waals surface area (Å²) in [4.78, 5) is 0. The van der Waals surface area contributed by atoms with Gasteiger partial charge in [0.2, 0.25) is 0 Å². The molecule has 0 aliphatic carbocycles. The number of nitriles is 1. The summed E-state index contributed by atoms with van der Waals surface area (Å²) < 4.78 is 0. The van der Waals surface area contributed by atoms with E-state index in [1.165, 1.54) is 11.8 Å². The average molecular weight is 318 g/mol. The minimum absolute atomic E-state index is 0.663. The Morgan fingerprint density at radius 3 is 2.67 bits per heavy atom. The van der Waals surface area contributed by atoms with Crippen LogP contribution < -0.4 is 0 Å². The molecule has 0 atom stereocenters. The summed E-state index contributed by atoms with van der Waals surface area (Å²) >= 11 is 7.51. The van der Waals surface area contributed by atoms with Crippen LogP contribution in [0.25, 0.3) is 0 Å². The van der Waals surface area contributed by atoms with Crippen molar-refractivity contribution in [3.8, 4) is 6.07 Å². The predicted molar refractivity (Wildman–Crippen MR) is 86.5 cm³/mol. The molecule has 0 saturated carbocycles. The number of thioether (sulfide) groups is 1. The highest BCUT2D eigenvalue weighted by Gasteiger charge is 2.14. The number of aryl methyl sites for hydroxylation is 1. The Bertz CT molecular complexity index is 680. The first-order valence-corrected chi connectivity index (χ1v) is 8.21. The van der Waals surface area contributed by atoms with Gasteiger partial charge in [-0.3, -0.25) is 0 Å². The van der Waals surface area contributed by atoms with E-state index in [4.69, 9.17) is 11.6 Å². The molecule has 108 valence electrons. The minimum Gasteiger partial charge on any atom is -0.192 e. The molecule has 0 aliphatic heterocycles. The number of halogens is 1. The Hall–Kier alpha value is -1.57.